The average Bonchev–Trinajstić information content (AvgIpc) is 3.14. The van der Waals surface area contributed by atoms with E-state index in [-0.39, 0.29) is 18.8 Å². The lowest BCUT2D eigenvalue weighted by Gasteiger charge is -2.27. The van der Waals surface area contributed by atoms with E-state index < -0.39 is 53.8 Å². The van der Waals surface area contributed by atoms with Gasteiger partial charge in [0.25, 0.3) is 0 Å². The van der Waals surface area contributed by atoms with E-state index in [0.29, 0.717) is 25.8 Å². The van der Waals surface area contributed by atoms with Crippen molar-refractivity contribution in [2.75, 3.05) is 6.54 Å². The van der Waals surface area contributed by atoms with Gasteiger partial charge in [-0.15, -0.1) is 0 Å². The van der Waals surface area contributed by atoms with Crippen LogP contribution in [0.25, 0.3) is 0 Å². The number of nitrogens with one attached hydrogen (secondary N) is 2. The Balaban J connectivity index is 2.75. The van der Waals surface area contributed by atoms with E-state index in [2.05, 4.69) is 10.6 Å². The minimum atomic E-state index is -1.07. The molecule has 170 valence electrons. The molecule has 0 radical (unpaired) electrons. The Hall–Kier alpha value is -2.69. The Bertz CT molecular complexity index is 668. The summed E-state index contributed by atoms with van der Waals surface area (Å²) in [6, 6.07) is -3.78. The molecule has 0 aliphatic carbocycles. The minimum absolute atomic E-state index is 0.0532. The molecule has 1 aliphatic rings. The lowest BCUT2D eigenvalue weighted by atomic mass is 10.0. The molecule has 1 rings (SSSR count). The molecule has 0 bridgehead atoms. The largest absolute Gasteiger partial charge is 0.480 e. The lowest BCUT2D eigenvalue weighted by Crippen LogP contribution is -2.56. The maximum atomic E-state index is 12.7. The van der Waals surface area contributed by atoms with Crippen molar-refractivity contribution in [3.05, 3.63) is 0 Å². The molecule has 1 aliphatic heterocycles. The van der Waals surface area contributed by atoms with Crippen molar-refractivity contribution in [1.29, 1.82) is 0 Å². The van der Waals surface area contributed by atoms with Gasteiger partial charge in [0, 0.05) is 13.0 Å². The van der Waals surface area contributed by atoms with Gasteiger partial charge in [-0.05, 0) is 38.5 Å². The van der Waals surface area contributed by atoms with Gasteiger partial charge in [-0.25, -0.2) is 4.79 Å². The molecule has 1 fully saturated rings. The summed E-state index contributed by atoms with van der Waals surface area (Å²) >= 11 is 0. The third-order valence-corrected chi connectivity index (χ3v) is 4.93. The predicted molar refractivity (Wildman–Crippen MR) is 108 cm³/mol. The molecule has 0 aromatic rings. The summed E-state index contributed by atoms with van der Waals surface area (Å²) in [6.07, 6.45) is 1.26. The summed E-state index contributed by atoms with van der Waals surface area (Å²) in [5.41, 5.74) is 10.8. The number of hydrogen-bond acceptors (Lipinski definition) is 6. The molecule has 0 saturated carbocycles. The number of nitrogens with zero attached hydrogens (tertiary/aromatic N) is 1. The van der Waals surface area contributed by atoms with E-state index in [0.717, 1.165) is 0 Å². The highest BCUT2D eigenvalue weighted by Gasteiger charge is 2.37. The number of likely N-dealkylation sites (tertiary alicyclic amines) is 1. The fraction of sp³-hybridized carbons (Fsp3) is 0.737. The monoisotopic (exact) mass is 427 g/mol. The van der Waals surface area contributed by atoms with Crippen LogP contribution in [0.5, 0.6) is 0 Å². The van der Waals surface area contributed by atoms with Crippen LogP contribution >= 0.6 is 0 Å². The summed E-state index contributed by atoms with van der Waals surface area (Å²) in [4.78, 5) is 61.0. The maximum absolute atomic E-state index is 12.7. The fourth-order valence-electron chi connectivity index (χ4n) is 3.32. The van der Waals surface area contributed by atoms with E-state index in [4.69, 9.17) is 11.5 Å². The topological polar surface area (TPSA) is 185 Å². The van der Waals surface area contributed by atoms with Crippen LogP contribution in [-0.4, -0.2) is 70.3 Å². The molecule has 4 amide bonds. The molecule has 4 atom stereocenters. The lowest BCUT2D eigenvalue weighted by molar-refractivity contribution is -0.149. The first-order chi connectivity index (χ1) is 13.9. The van der Waals surface area contributed by atoms with Crippen LogP contribution in [0.15, 0.2) is 0 Å². The van der Waals surface area contributed by atoms with Crippen LogP contribution in [0, 0.1) is 5.92 Å². The average molecular weight is 428 g/mol. The van der Waals surface area contributed by atoms with Crippen molar-refractivity contribution in [2.45, 2.75) is 77.0 Å². The van der Waals surface area contributed by atoms with Crippen LogP contribution in [0.3, 0.4) is 0 Å². The number of primary amides is 1. The summed E-state index contributed by atoms with van der Waals surface area (Å²) in [6.45, 7) is 5.53. The fourth-order valence-corrected chi connectivity index (χ4v) is 3.32. The molecule has 0 aromatic carbocycles. The first kappa shape index (κ1) is 25.3. The van der Waals surface area contributed by atoms with Crippen LogP contribution in [0.2, 0.25) is 0 Å². The van der Waals surface area contributed by atoms with Crippen LogP contribution in [0.4, 0.5) is 0 Å². The zero-order valence-electron chi connectivity index (χ0n) is 17.7. The zero-order valence-corrected chi connectivity index (χ0v) is 17.7. The number of aliphatic carboxylic acids is 1. The number of carboxylic acid groups (broad SMARTS) is 1. The van der Waals surface area contributed by atoms with Gasteiger partial charge in [0.2, 0.25) is 23.6 Å². The van der Waals surface area contributed by atoms with Gasteiger partial charge in [0.05, 0.1) is 6.04 Å². The van der Waals surface area contributed by atoms with E-state index in [1.807, 2.05) is 13.8 Å². The van der Waals surface area contributed by atoms with Crippen molar-refractivity contribution in [1.82, 2.24) is 15.5 Å². The number of carbonyl (C=O) groups excluding carboxylic acids is 4. The Labute approximate surface area is 175 Å². The summed E-state index contributed by atoms with van der Waals surface area (Å²) < 4.78 is 0. The molecule has 1 heterocycles. The molecule has 0 spiro atoms. The van der Waals surface area contributed by atoms with Crippen LogP contribution < -0.4 is 22.1 Å². The molecule has 30 heavy (non-hydrogen) atoms. The number of carboxylic acids is 1. The van der Waals surface area contributed by atoms with Gasteiger partial charge in [0.1, 0.15) is 18.1 Å². The third-order valence-electron chi connectivity index (χ3n) is 4.93. The SMILES string of the molecule is CC(C)CC(NC(=O)C(N)CCC(N)=O)C(=O)NC(C)C(=O)N1CCCC1C(=O)O. The first-order valence-corrected chi connectivity index (χ1v) is 10.1. The van der Waals surface area contributed by atoms with Gasteiger partial charge in [-0.3, -0.25) is 19.2 Å². The van der Waals surface area contributed by atoms with Gasteiger partial charge >= 0.3 is 5.97 Å². The molecular formula is C19H33N5O6. The molecule has 11 heteroatoms. The minimum Gasteiger partial charge on any atom is -0.480 e. The van der Waals surface area contributed by atoms with E-state index >= 15 is 0 Å². The normalized spacial score (nSPS) is 19.1. The highest BCUT2D eigenvalue weighted by molar-refractivity contribution is 5.94. The van der Waals surface area contributed by atoms with Crippen molar-refractivity contribution in [2.24, 2.45) is 17.4 Å². The highest BCUT2D eigenvalue weighted by Crippen LogP contribution is 2.18. The Morgan fingerprint density at radius 2 is 1.73 bits per heavy atom. The number of rotatable bonds is 11. The number of nitrogens with two attached hydrogens (primary N) is 2. The summed E-state index contributed by atoms with van der Waals surface area (Å²) in [5, 5.41) is 14.4. The van der Waals surface area contributed by atoms with E-state index in [1.165, 1.54) is 11.8 Å². The van der Waals surface area contributed by atoms with Gasteiger partial charge in [0.15, 0.2) is 0 Å². The van der Waals surface area contributed by atoms with Gasteiger partial charge in [-0.1, -0.05) is 13.8 Å². The summed E-state index contributed by atoms with van der Waals surface area (Å²) in [7, 11) is 0. The second kappa shape index (κ2) is 11.5. The molecule has 11 nitrogen and oxygen atoms in total. The molecular weight excluding hydrogens is 394 g/mol. The van der Waals surface area contributed by atoms with Crippen LogP contribution in [0.1, 0.15) is 52.9 Å². The van der Waals surface area contributed by atoms with Crippen LogP contribution in [-0.2, 0) is 24.0 Å². The van der Waals surface area contributed by atoms with Crippen molar-refractivity contribution in [3.63, 3.8) is 0 Å². The van der Waals surface area contributed by atoms with Crippen molar-refractivity contribution < 1.29 is 29.1 Å². The smallest absolute Gasteiger partial charge is 0.326 e. The van der Waals surface area contributed by atoms with Gasteiger partial charge < -0.3 is 32.1 Å². The predicted octanol–water partition coefficient (Wildman–Crippen LogP) is -1.31. The van der Waals surface area contributed by atoms with E-state index in [1.54, 1.807) is 0 Å². The number of carbonyl (C=O) groups is 5. The van der Waals surface area contributed by atoms with Crippen molar-refractivity contribution >= 4 is 29.6 Å². The second-order valence-corrected chi connectivity index (χ2v) is 8.06. The second-order valence-electron chi connectivity index (χ2n) is 8.06. The Kier molecular flexibility index (Phi) is 9.70. The standard InChI is InChI=1S/C19H33N5O6/c1-10(2)9-13(23-16(26)12(20)6-7-15(21)25)17(27)22-11(3)18(28)24-8-4-5-14(24)19(29)30/h10-14H,4-9,20H2,1-3H3,(H2,21,25)(H,22,27)(H,23,26)(H,29,30). The van der Waals surface area contributed by atoms with Gasteiger partial charge in [-0.2, -0.15) is 0 Å². The van der Waals surface area contributed by atoms with Crippen molar-refractivity contribution in [3.8, 4) is 0 Å². The highest BCUT2D eigenvalue weighted by atomic mass is 16.4. The zero-order chi connectivity index (χ0) is 23.0. The maximum Gasteiger partial charge on any atom is 0.326 e. The first-order valence-electron chi connectivity index (χ1n) is 10.1. The Morgan fingerprint density at radius 1 is 1.10 bits per heavy atom. The molecule has 7 N–H and O–H groups in total. The molecule has 4 unspecified atom stereocenters. The number of amides is 4. The van der Waals surface area contributed by atoms with E-state index in [9.17, 15) is 29.1 Å². The third kappa shape index (κ3) is 7.62. The number of hydrogen-bond donors (Lipinski definition) is 5. The molecule has 1 saturated heterocycles. The quantitative estimate of drug-likeness (QED) is 0.271. The summed E-state index contributed by atoms with van der Waals surface area (Å²) in [5.74, 6) is -3.24. The molecule has 0 aromatic heterocycles. The Morgan fingerprint density at radius 3 is 2.27 bits per heavy atom.